The standard InChI is InChI=1S/C13H13NO2/c1-9-3-4-14-13(7-9)16-12-6-10(2)5-11(15)8-12/h3-8,15H,1-2H3. The first kappa shape index (κ1) is 10.5. The van der Waals surface area contributed by atoms with Crippen molar-refractivity contribution in [3.05, 3.63) is 47.7 Å². The number of aromatic nitrogens is 1. The second-order valence-corrected chi connectivity index (χ2v) is 3.78. The summed E-state index contributed by atoms with van der Waals surface area (Å²) in [7, 11) is 0. The fraction of sp³-hybridized carbons (Fsp3) is 0.154. The van der Waals surface area contributed by atoms with E-state index in [1.165, 1.54) is 0 Å². The van der Waals surface area contributed by atoms with Gasteiger partial charge < -0.3 is 9.84 Å². The monoisotopic (exact) mass is 215 g/mol. The molecule has 1 aromatic heterocycles. The van der Waals surface area contributed by atoms with E-state index < -0.39 is 0 Å². The van der Waals surface area contributed by atoms with Crippen molar-refractivity contribution in [2.24, 2.45) is 0 Å². The summed E-state index contributed by atoms with van der Waals surface area (Å²) in [6.07, 6.45) is 1.69. The molecule has 0 atom stereocenters. The highest BCUT2D eigenvalue weighted by molar-refractivity contribution is 5.38. The topological polar surface area (TPSA) is 42.4 Å². The van der Waals surface area contributed by atoms with Gasteiger partial charge in [0, 0.05) is 18.3 Å². The fourth-order valence-corrected chi connectivity index (χ4v) is 1.47. The van der Waals surface area contributed by atoms with E-state index in [-0.39, 0.29) is 5.75 Å². The summed E-state index contributed by atoms with van der Waals surface area (Å²) in [5.41, 5.74) is 2.03. The van der Waals surface area contributed by atoms with Crippen LogP contribution in [0.25, 0.3) is 0 Å². The normalized spacial score (nSPS) is 10.1. The second-order valence-electron chi connectivity index (χ2n) is 3.78. The molecule has 0 bridgehead atoms. The zero-order chi connectivity index (χ0) is 11.5. The molecule has 0 unspecified atom stereocenters. The van der Waals surface area contributed by atoms with E-state index in [1.54, 1.807) is 18.3 Å². The molecular weight excluding hydrogens is 202 g/mol. The molecule has 0 saturated carbocycles. The Morgan fingerprint density at radius 3 is 2.56 bits per heavy atom. The average molecular weight is 215 g/mol. The van der Waals surface area contributed by atoms with E-state index in [1.807, 2.05) is 32.0 Å². The average Bonchev–Trinajstić information content (AvgIpc) is 2.15. The number of nitrogens with zero attached hydrogens (tertiary/aromatic N) is 1. The van der Waals surface area contributed by atoms with Crippen LogP contribution in [0.4, 0.5) is 0 Å². The highest BCUT2D eigenvalue weighted by Crippen LogP contribution is 2.25. The number of phenols is 1. The van der Waals surface area contributed by atoms with Crippen molar-refractivity contribution < 1.29 is 9.84 Å². The van der Waals surface area contributed by atoms with E-state index in [2.05, 4.69) is 4.98 Å². The van der Waals surface area contributed by atoms with Gasteiger partial charge in [0.1, 0.15) is 11.5 Å². The van der Waals surface area contributed by atoms with Crippen molar-refractivity contribution in [1.82, 2.24) is 4.98 Å². The van der Waals surface area contributed by atoms with Gasteiger partial charge in [0.15, 0.2) is 0 Å². The molecule has 3 heteroatoms. The van der Waals surface area contributed by atoms with Gasteiger partial charge in [-0.1, -0.05) is 0 Å². The second kappa shape index (κ2) is 4.23. The van der Waals surface area contributed by atoms with Crippen LogP contribution in [-0.4, -0.2) is 10.1 Å². The zero-order valence-corrected chi connectivity index (χ0v) is 9.27. The van der Waals surface area contributed by atoms with Crippen LogP contribution in [0, 0.1) is 13.8 Å². The van der Waals surface area contributed by atoms with Crippen LogP contribution in [-0.2, 0) is 0 Å². The van der Waals surface area contributed by atoms with Crippen molar-refractivity contribution in [1.29, 1.82) is 0 Å². The number of benzene rings is 1. The SMILES string of the molecule is Cc1cc(O)cc(Oc2cc(C)ccn2)c1. The lowest BCUT2D eigenvalue weighted by Crippen LogP contribution is -1.88. The van der Waals surface area contributed by atoms with Gasteiger partial charge in [-0.15, -0.1) is 0 Å². The van der Waals surface area contributed by atoms with Crippen LogP contribution in [0.2, 0.25) is 0 Å². The van der Waals surface area contributed by atoms with Crippen molar-refractivity contribution in [3.63, 3.8) is 0 Å². The number of hydrogen-bond acceptors (Lipinski definition) is 3. The molecule has 0 fully saturated rings. The van der Waals surface area contributed by atoms with Crippen LogP contribution in [0.15, 0.2) is 36.5 Å². The minimum absolute atomic E-state index is 0.197. The molecule has 0 radical (unpaired) electrons. The molecule has 2 rings (SSSR count). The van der Waals surface area contributed by atoms with E-state index in [0.717, 1.165) is 11.1 Å². The van der Waals surface area contributed by atoms with Gasteiger partial charge in [-0.25, -0.2) is 4.98 Å². The van der Waals surface area contributed by atoms with Gasteiger partial charge in [-0.05, 0) is 43.2 Å². The Hall–Kier alpha value is -2.03. The third-order valence-electron chi connectivity index (χ3n) is 2.15. The number of rotatable bonds is 2. The summed E-state index contributed by atoms with van der Waals surface area (Å²) in [5.74, 6) is 1.32. The lowest BCUT2D eigenvalue weighted by atomic mass is 10.2. The maximum absolute atomic E-state index is 9.43. The summed E-state index contributed by atoms with van der Waals surface area (Å²) >= 11 is 0. The Kier molecular flexibility index (Phi) is 2.77. The summed E-state index contributed by atoms with van der Waals surface area (Å²) in [6, 6.07) is 8.84. The Labute approximate surface area is 94.3 Å². The number of phenolic OH excluding ortho intramolecular Hbond substituents is 1. The van der Waals surface area contributed by atoms with Gasteiger partial charge in [-0.3, -0.25) is 0 Å². The number of hydrogen-bond donors (Lipinski definition) is 1. The molecule has 0 saturated heterocycles. The Balaban J connectivity index is 2.27. The van der Waals surface area contributed by atoms with Gasteiger partial charge >= 0.3 is 0 Å². The van der Waals surface area contributed by atoms with Gasteiger partial charge in [0.25, 0.3) is 0 Å². The fourth-order valence-electron chi connectivity index (χ4n) is 1.47. The third-order valence-corrected chi connectivity index (χ3v) is 2.15. The Bertz CT molecular complexity index is 489. The van der Waals surface area contributed by atoms with Crippen molar-refractivity contribution in [2.45, 2.75) is 13.8 Å². The lowest BCUT2D eigenvalue weighted by Gasteiger charge is -2.06. The van der Waals surface area contributed by atoms with Crippen molar-refractivity contribution in [2.75, 3.05) is 0 Å². The maximum atomic E-state index is 9.43. The Morgan fingerprint density at radius 1 is 1.06 bits per heavy atom. The van der Waals surface area contributed by atoms with Crippen molar-refractivity contribution in [3.8, 4) is 17.4 Å². The van der Waals surface area contributed by atoms with Gasteiger partial charge in [0.05, 0.1) is 0 Å². The first-order valence-electron chi connectivity index (χ1n) is 5.05. The van der Waals surface area contributed by atoms with Crippen molar-refractivity contribution >= 4 is 0 Å². The van der Waals surface area contributed by atoms with E-state index >= 15 is 0 Å². The van der Waals surface area contributed by atoms with E-state index in [9.17, 15) is 5.11 Å². The van der Waals surface area contributed by atoms with Crippen LogP contribution in [0.5, 0.6) is 17.4 Å². The quantitative estimate of drug-likeness (QED) is 0.836. The molecule has 0 aliphatic heterocycles. The molecule has 82 valence electrons. The molecular formula is C13H13NO2. The highest BCUT2D eigenvalue weighted by Gasteiger charge is 2.01. The van der Waals surface area contributed by atoms with E-state index in [4.69, 9.17) is 4.74 Å². The largest absolute Gasteiger partial charge is 0.508 e. The Morgan fingerprint density at radius 2 is 1.88 bits per heavy atom. The minimum Gasteiger partial charge on any atom is -0.508 e. The van der Waals surface area contributed by atoms with Gasteiger partial charge in [-0.2, -0.15) is 0 Å². The molecule has 0 aliphatic carbocycles. The lowest BCUT2D eigenvalue weighted by molar-refractivity contribution is 0.444. The minimum atomic E-state index is 0.197. The molecule has 1 aromatic carbocycles. The highest BCUT2D eigenvalue weighted by atomic mass is 16.5. The summed E-state index contributed by atoms with van der Waals surface area (Å²) in [5, 5.41) is 9.43. The summed E-state index contributed by atoms with van der Waals surface area (Å²) in [6.45, 7) is 3.87. The molecule has 1 N–H and O–H groups in total. The van der Waals surface area contributed by atoms with Crippen LogP contribution < -0.4 is 4.74 Å². The van der Waals surface area contributed by atoms with Crippen LogP contribution >= 0.6 is 0 Å². The molecule has 2 aromatic rings. The number of ether oxygens (including phenoxy) is 1. The summed E-state index contributed by atoms with van der Waals surface area (Å²) in [4.78, 5) is 4.09. The number of pyridine rings is 1. The van der Waals surface area contributed by atoms with Crippen LogP contribution in [0.1, 0.15) is 11.1 Å². The molecule has 0 spiro atoms. The predicted molar refractivity (Wildman–Crippen MR) is 61.9 cm³/mol. The molecule has 16 heavy (non-hydrogen) atoms. The molecule has 0 aliphatic rings. The van der Waals surface area contributed by atoms with Crippen LogP contribution in [0.3, 0.4) is 0 Å². The summed E-state index contributed by atoms with van der Waals surface area (Å²) < 4.78 is 5.55. The van der Waals surface area contributed by atoms with E-state index in [0.29, 0.717) is 11.6 Å². The molecule has 3 nitrogen and oxygen atoms in total. The van der Waals surface area contributed by atoms with Gasteiger partial charge in [0.2, 0.25) is 5.88 Å². The first-order chi connectivity index (χ1) is 7.63. The third kappa shape index (κ3) is 2.51. The first-order valence-corrected chi connectivity index (χ1v) is 5.05. The number of aromatic hydroxyl groups is 1. The predicted octanol–water partition coefficient (Wildman–Crippen LogP) is 3.20. The molecule has 0 amide bonds. The maximum Gasteiger partial charge on any atom is 0.219 e. The molecule has 1 heterocycles. The zero-order valence-electron chi connectivity index (χ0n) is 9.27. The number of aryl methyl sites for hydroxylation is 2. The smallest absolute Gasteiger partial charge is 0.219 e.